The molecule has 0 saturated carbocycles. The highest BCUT2D eigenvalue weighted by Crippen LogP contribution is 2.37. The van der Waals surface area contributed by atoms with Crippen LogP contribution in [0.4, 0.5) is 18.9 Å². The van der Waals surface area contributed by atoms with E-state index in [-0.39, 0.29) is 29.3 Å². The molecular weight excluding hydrogens is 439 g/mol. The minimum Gasteiger partial charge on any atom is -0.351 e. The van der Waals surface area contributed by atoms with E-state index in [1.54, 1.807) is 37.2 Å². The predicted octanol–water partition coefficient (Wildman–Crippen LogP) is 4.03. The summed E-state index contributed by atoms with van der Waals surface area (Å²) >= 11 is 0. The predicted molar refractivity (Wildman–Crippen MR) is 115 cm³/mol. The van der Waals surface area contributed by atoms with Gasteiger partial charge in [-0.15, -0.1) is 0 Å². The van der Waals surface area contributed by atoms with Gasteiger partial charge in [-0.25, -0.2) is 9.97 Å². The minimum atomic E-state index is -4.98. The van der Waals surface area contributed by atoms with Gasteiger partial charge < -0.3 is 10.2 Å². The Bertz CT molecular complexity index is 1170. The summed E-state index contributed by atoms with van der Waals surface area (Å²) in [7, 11) is 3.50. The Morgan fingerprint density at radius 2 is 1.73 bits per heavy atom. The summed E-state index contributed by atoms with van der Waals surface area (Å²) in [6.45, 7) is 0.472. The number of nitro benzene ring substituents is 1. The number of hydrogen-bond acceptors (Lipinski definition) is 6. The fourth-order valence-corrected chi connectivity index (χ4v) is 3.05. The number of benzene rings is 2. The highest BCUT2D eigenvalue weighted by Gasteiger charge is 2.40. The molecule has 3 rings (SSSR count). The topological polar surface area (TPSA) is 101 Å². The van der Waals surface area contributed by atoms with Crippen molar-refractivity contribution in [2.45, 2.75) is 6.18 Å². The lowest BCUT2D eigenvalue weighted by Crippen LogP contribution is -2.33. The fraction of sp³-hybridized carbons (Fsp3) is 0.227. The molecule has 33 heavy (non-hydrogen) atoms. The van der Waals surface area contributed by atoms with Gasteiger partial charge in [0, 0.05) is 36.3 Å². The summed E-state index contributed by atoms with van der Waals surface area (Å²) in [6.07, 6.45) is -4.98. The molecule has 8 nitrogen and oxygen atoms in total. The maximum Gasteiger partial charge on any atom is 0.434 e. The lowest BCUT2D eigenvalue weighted by atomic mass is 10.0. The summed E-state index contributed by atoms with van der Waals surface area (Å²) in [5.41, 5.74) is -2.61. The van der Waals surface area contributed by atoms with Gasteiger partial charge in [0.2, 0.25) is 0 Å². The van der Waals surface area contributed by atoms with Crippen LogP contribution in [0.15, 0.2) is 54.6 Å². The molecule has 172 valence electrons. The first-order chi connectivity index (χ1) is 15.6. The molecule has 3 aromatic rings. The minimum absolute atomic E-state index is 0.00737. The second-order valence-electron chi connectivity index (χ2n) is 7.35. The Morgan fingerprint density at radius 3 is 2.33 bits per heavy atom. The van der Waals surface area contributed by atoms with Crippen LogP contribution in [-0.4, -0.2) is 52.9 Å². The van der Waals surface area contributed by atoms with E-state index in [4.69, 9.17) is 0 Å². The van der Waals surface area contributed by atoms with Crippen molar-refractivity contribution in [2.75, 3.05) is 27.2 Å². The summed E-state index contributed by atoms with van der Waals surface area (Å²) in [5.74, 6) is -1.28. The lowest BCUT2D eigenvalue weighted by Gasteiger charge is -2.18. The van der Waals surface area contributed by atoms with E-state index in [0.717, 1.165) is 6.07 Å². The molecule has 0 fully saturated rings. The molecule has 0 unspecified atom stereocenters. The van der Waals surface area contributed by atoms with E-state index in [9.17, 15) is 28.1 Å². The SMILES string of the molecule is CN(C)CCNC(=O)c1c(-c2cccc([N+](=O)[O-])c2)nc(-c2ccccc2)nc1C(F)(F)F. The fourth-order valence-electron chi connectivity index (χ4n) is 3.05. The lowest BCUT2D eigenvalue weighted by molar-refractivity contribution is -0.384. The third kappa shape index (κ3) is 5.69. The average Bonchev–Trinajstić information content (AvgIpc) is 2.78. The average molecular weight is 459 g/mol. The smallest absolute Gasteiger partial charge is 0.351 e. The zero-order valence-corrected chi connectivity index (χ0v) is 17.8. The van der Waals surface area contributed by atoms with E-state index in [0.29, 0.717) is 12.1 Å². The Balaban J connectivity index is 2.27. The first kappa shape index (κ1) is 23.8. The molecule has 1 N–H and O–H groups in total. The number of carbonyl (C=O) groups excluding carboxylic acids is 1. The van der Waals surface area contributed by atoms with Crippen molar-refractivity contribution in [2.24, 2.45) is 0 Å². The summed E-state index contributed by atoms with van der Waals surface area (Å²) in [5, 5.41) is 13.7. The maximum absolute atomic E-state index is 14.1. The van der Waals surface area contributed by atoms with Gasteiger partial charge in [-0.3, -0.25) is 14.9 Å². The van der Waals surface area contributed by atoms with Gasteiger partial charge in [0.25, 0.3) is 11.6 Å². The van der Waals surface area contributed by atoms with Crippen molar-refractivity contribution < 1.29 is 22.9 Å². The van der Waals surface area contributed by atoms with Crippen molar-refractivity contribution in [3.8, 4) is 22.6 Å². The van der Waals surface area contributed by atoms with Gasteiger partial charge in [0.15, 0.2) is 11.5 Å². The molecule has 0 aliphatic heterocycles. The van der Waals surface area contributed by atoms with Crippen LogP contribution in [-0.2, 0) is 6.18 Å². The van der Waals surface area contributed by atoms with E-state index >= 15 is 0 Å². The molecule has 1 aromatic heterocycles. The van der Waals surface area contributed by atoms with Gasteiger partial charge >= 0.3 is 6.18 Å². The molecule has 2 aromatic carbocycles. The molecule has 0 spiro atoms. The van der Waals surface area contributed by atoms with E-state index in [2.05, 4.69) is 15.3 Å². The van der Waals surface area contributed by atoms with Crippen molar-refractivity contribution in [3.63, 3.8) is 0 Å². The molecule has 0 bridgehead atoms. The van der Waals surface area contributed by atoms with Crippen molar-refractivity contribution in [1.29, 1.82) is 0 Å². The van der Waals surface area contributed by atoms with Gasteiger partial charge in [-0.2, -0.15) is 13.2 Å². The number of aromatic nitrogens is 2. The molecule has 0 aliphatic carbocycles. The van der Waals surface area contributed by atoms with Crippen molar-refractivity contribution in [3.05, 3.63) is 76.0 Å². The zero-order valence-electron chi connectivity index (χ0n) is 17.8. The summed E-state index contributed by atoms with van der Waals surface area (Å²) in [4.78, 5) is 33.1. The Morgan fingerprint density at radius 1 is 1.06 bits per heavy atom. The molecule has 0 aliphatic rings. The standard InChI is InChI=1S/C22H20F3N5O3/c1-29(2)12-11-26-21(31)17-18(15-9-6-10-16(13-15)30(32)33)27-20(14-7-4-3-5-8-14)28-19(17)22(23,24)25/h3-10,13H,11-12H2,1-2H3,(H,26,31). The van der Waals surface area contributed by atoms with Crippen LogP contribution >= 0.6 is 0 Å². The number of nitrogens with one attached hydrogen (secondary N) is 1. The zero-order chi connectivity index (χ0) is 24.2. The highest BCUT2D eigenvalue weighted by atomic mass is 19.4. The Hall–Kier alpha value is -3.86. The van der Waals surface area contributed by atoms with E-state index in [1.807, 2.05) is 0 Å². The second kappa shape index (κ2) is 9.74. The number of non-ortho nitro benzene ring substituents is 1. The Kier molecular flexibility index (Phi) is 7.02. The van der Waals surface area contributed by atoms with Gasteiger partial charge in [-0.1, -0.05) is 42.5 Å². The number of amides is 1. The van der Waals surface area contributed by atoms with Crippen LogP contribution in [0.25, 0.3) is 22.6 Å². The number of rotatable bonds is 7. The third-order valence-electron chi connectivity index (χ3n) is 4.61. The van der Waals surface area contributed by atoms with Crippen molar-refractivity contribution in [1.82, 2.24) is 20.2 Å². The summed E-state index contributed by atoms with van der Waals surface area (Å²) < 4.78 is 42.2. The number of halogens is 3. The van der Waals surface area contributed by atoms with E-state index < -0.39 is 28.3 Å². The van der Waals surface area contributed by atoms with Crippen molar-refractivity contribution >= 4 is 11.6 Å². The molecular formula is C22H20F3N5O3. The van der Waals surface area contributed by atoms with Crippen LogP contribution in [0.3, 0.4) is 0 Å². The summed E-state index contributed by atoms with van der Waals surface area (Å²) in [6, 6.07) is 12.9. The van der Waals surface area contributed by atoms with Gasteiger partial charge in [0.05, 0.1) is 16.2 Å². The highest BCUT2D eigenvalue weighted by molar-refractivity contribution is 6.01. The first-order valence-electron chi connectivity index (χ1n) is 9.80. The molecule has 11 heteroatoms. The largest absolute Gasteiger partial charge is 0.434 e. The van der Waals surface area contributed by atoms with Gasteiger partial charge in [0.1, 0.15) is 0 Å². The molecule has 1 amide bonds. The van der Waals surface area contributed by atoms with Crippen LogP contribution in [0.2, 0.25) is 0 Å². The number of carbonyl (C=O) groups is 1. The van der Waals surface area contributed by atoms with Crippen LogP contribution < -0.4 is 5.32 Å². The molecule has 0 atom stereocenters. The first-order valence-corrected chi connectivity index (χ1v) is 9.80. The Labute approximate surface area is 187 Å². The maximum atomic E-state index is 14.1. The molecule has 1 heterocycles. The monoisotopic (exact) mass is 459 g/mol. The normalized spacial score (nSPS) is 11.5. The van der Waals surface area contributed by atoms with Gasteiger partial charge in [-0.05, 0) is 14.1 Å². The number of alkyl halides is 3. The third-order valence-corrected chi connectivity index (χ3v) is 4.61. The van der Waals surface area contributed by atoms with Crippen LogP contribution in [0, 0.1) is 10.1 Å². The van der Waals surface area contributed by atoms with Crippen LogP contribution in [0.1, 0.15) is 16.1 Å². The quantitative estimate of drug-likeness (QED) is 0.423. The number of nitrogens with zero attached hydrogens (tertiary/aromatic N) is 4. The second-order valence-corrected chi connectivity index (χ2v) is 7.35. The van der Waals surface area contributed by atoms with E-state index in [1.165, 1.54) is 30.3 Å². The van der Waals surface area contributed by atoms with Crippen LogP contribution in [0.5, 0.6) is 0 Å². The molecule has 0 saturated heterocycles. The number of likely N-dealkylation sites (N-methyl/N-ethyl adjacent to an activating group) is 1. The number of nitro groups is 1. The number of hydrogen-bond donors (Lipinski definition) is 1. The molecule has 0 radical (unpaired) electrons.